The molecule has 1 aromatic rings. The zero-order valence-corrected chi connectivity index (χ0v) is 11.6. The minimum Gasteiger partial charge on any atom is -0.296 e. The van der Waals surface area contributed by atoms with Gasteiger partial charge in [-0.25, -0.2) is 8.42 Å². The van der Waals surface area contributed by atoms with Crippen molar-refractivity contribution in [2.75, 3.05) is 6.54 Å². The number of sulfonamides is 1. The van der Waals surface area contributed by atoms with Crippen LogP contribution in [0.25, 0.3) is 0 Å². The lowest BCUT2D eigenvalue weighted by Gasteiger charge is -2.41. The number of nitrogens with zero attached hydrogens (tertiary/aromatic N) is 1. The zero-order valence-electron chi connectivity index (χ0n) is 10.8. The van der Waals surface area contributed by atoms with Gasteiger partial charge in [0.1, 0.15) is 6.04 Å². The third kappa shape index (κ3) is 1.97. The molecule has 1 aliphatic rings. The number of hydrogen-bond donors (Lipinski definition) is 0. The average Bonchev–Trinajstić information content (AvgIpc) is 2.25. The van der Waals surface area contributed by atoms with Crippen molar-refractivity contribution in [2.24, 2.45) is 0 Å². The molecule has 0 spiro atoms. The van der Waals surface area contributed by atoms with Crippen molar-refractivity contribution in [3.05, 3.63) is 35.9 Å². The fourth-order valence-electron chi connectivity index (χ4n) is 1.94. The molecule has 0 amide bonds. The van der Waals surface area contributed by atoms with Gasteiger partial charge in [-0.1, -0.05) is 30.3 Å². The van der Waals surface area contributed by atoms with Crippen LogP contribution in [-0.2, 0) is 14.8 Å². The number of rotatable bonds is 2. The Hall–Kier alpha value is -1.20. The maximum atomic E-state index is 12.3. The zero-order chi connectivity index (χ0) is 13.6. The van der Waals surface area contributed by atoms with Crippen LogP contribution in [-0.4, -0.2) is 29.8 Å². The molecule has 1 aliphatic heterocycles. The summed E-state index contributed by atoms with van der Waals surface area (Å²) in [5, 5.41) is 0. The van der Waals surface area contributed by atoms with Crippen LogP contribution in [0, 0.1) is 0 Å². The SMILES string of the molecule is CC(C)(C)S(=O)(=O)N1CC(=O)[C@H]1c1ccccc1. The highest BCUT2D eigenvalue weighted by atomic mass is 32.2. The van der Waals surface area contributed by atoms with Crippen molar-refractivity contribution in [1.82, 2.24) is 4.31 Å². The smallest absolute Gasteiger partial charge is 0.220 e. The summed E-state index contributed by atoms with van der Waals surface area (Å²) in [4.78, 5) is 11.7. The normalized spacial score (nSPS) is 21.7. The van der Waals surface area contributed by atoms with E-state index in [1.807, 2.05) is 18.2 Å². The van der Waals surface area contributed by atoms with Gasteiger partial charge in [-0.3, -0.25) is 4.79 Å². The largest absolute Gasteiger partial charge is 0.296 e. The third-order valence-corrected chi connectivity index (χ3v) is 5.61. The van der Waals surface area contributed by atoms with Crippen LogP contribution in [0.2, 0.25) is 0 Å². The highest BCUT2D eigenvalue weighted by Gasteiger charge is 2.49. The molecule has 1 fully saturated rings. The molecule has 0 radical (unpaired) electrons. The molecule has 0 unspecified atom stereocenters. The summed E-state index contributed by atoms with van der Waals surface area (Å²) < 4.78 is 25.1. The molecule has 0 aliphatic carbocycles. The van der Waals surface area contributed by atoms with Gasteiger partial charge in [0.2, 0.25) is 10.0 Å². The standard InChI is InChI=1S/C13H17NO3S/c1-13(2,3)18(16,17)14-9-11(15)12(14)10-7-5-4-6-8-10/h4-8,12H,9H2,1-3H3/t12-/m1/s1. The van der Waals surface area contributed by atoms with Crippen molar-refractivity contribution in [3.8, 4) is 0 Å². The molecule has 5 heteroatoms. The Morgan fingerprint density at radius 3 is 2.17 bits per heavy atom. The molecule has 1 heterocycles. The van der Waals surface area contributed by atoms with Crippen molar-refractivity contribution in [2.45, 2.75) is 31.6 Å². The third-order valence-electron chi connectivity index (χ3n) is 3.10. The number of benzene rings is 1. The van der Waals surface area contributed by atoms with E-state index in [-0.39, 0.29) is 12.3 Å². The molecule has 18 heavy (non-hydrogen) atoms. The molecule has 98 valence electrons. The Morgan fingerprint density at radius 2 is 1.72 bits per heavy atom. The first-order chi connectivity index (χ1) is 8.25. The quantitative estimate of drug-likeness (QED) is 0.820. The summed E-state index contributed by atoms with van der Waals surface area (Å²) in [5.41, 5.74) is 0.738. The van der Waals surface area contributed by atoms with E-state index in [1.54, 1.807) is 32.9 Å². The van der Waals surface area contributed by atoms with Gasteiger partial charge < -0.3 is 0 Å². The van der Waals surface area contributed by atoms with E-state index < -0.39 is 20.8 Å². The van der Waals surface area contributed by atoms with E-state index in [1.165, 1.54) is 4.31 Å². The van der Waals surface area contributed by atoms with Crippen LogP contribution in [0.15, 0.2) is 30.3 Å². The minimum absolute atomic E-state index is 0.0147. The first-order valence-corrected chi connectivity index (χ1v) is 7.28. The fraction of sp³-hybridized carbons (Fsp3) is 0.462. The number of carbonyl (C=O) groups is 1. The summed E-state index contributed by atoms with van der Waals surface area (Å²) in [5.74, 6) is -0.0472. The molecule has 1 saturated heterocycles. The number of hydrogen-bond acceptors (Lipinski definition) is 3. The Bertz CT molecular complexity index is 558. The number of carbonyl (C=O) groups excluding carboxylic acids is 1. The van der Waals surface area contributed by atoms with E-state index >= 15 is 0 Å². The van der Waals surface area contributed by atoms with Crippen LogP contribution in [0.5, 0.6) is 0 Å². The van der Waals surface area contributed by atoms with Gasteiger partial charge in [0.05, 0.1) is 11.3 Å². The maximum absolute atomic E-state index is 12.3. The van der Waals surface area contributed by atoms with Gasteiger partial charge in [0, 0.05) is 0 Å². The molecule has 0 N–H and O–H groups in total. The summed E-state index contributed by atoms with van der Waals surface area (Å²) in [6.07, 6.45) is 0. The number of Topliss-reactive ketones (excluding diaryl/α,β-unsaturated/α-hetero) is 1. The van der Waals surface area contributed by atoms with Gasteiger partial charge in [0.15, 0.2) is 5.78 Å². The van der Waals surface area contributed by atoms with Crippen LogP contribution in [0.1, 0.15) is 32.4 Å². The predicted octanol–water partition coefficient (Wildman–Crippen LogP) is 1.74. The second kappa shape index (κ2) is 4.17. The molecule has 1 atom stereocenters. The maximum Gasteiger partial charge on any atom is 0.220 e. The Morgan fingerprint density at radius 1 is 1.17 bits per heavy atom. The molecule has 0 aromatic heterocycles. The molecule has 4 nitrogen and oxygen atoms in total. The second-order valence-corrected chi connectivity index (χ2v) is 8.09. The minimum atomic E-state index is -3.46. The van der Waals surface area contributed by atoms with Gasteiger partial charge in [-0.2, -0.15) is 4.31 Å². The van der Waals surface area contributed by atoms with Crippen LogP contribution in [0.3, 0.4) is 0 Å². The van der Waals surface area contributed by atoms with Gasteiger partial charge in [0.25, 0.3) is 0 Å². The van der Waals surface area contributed by atoms with Crippen molar-refractivity contribution in [1.29, 1.82) is 0 Å². The van der Waals surface area contributed by atoms with Crippen LogP contribution >= 0.6 is 0 Å². The Labute approximate surface area is 108 Å². The summed E-state index contributed by atoms with van der Waals surface area (Å²) in [6.45, 7) is 4.92. The van der Waals surface area contributed by atoms with Gasteiger partial charge >= 0.3 is 0 Å². The number of ketones is 1. The molecular weight excluding hydrogens is 250 g/mol. The lowest BCUT2D eigenvalue weighted by molar-refractivity contribution is -0.131. The highest BCUT2D eigenvalue weighted by molar-refractivity contribution is 7.90. The van der Waals surface area contributed by atoms with Crippen molar-refractivity contribution >= 4 is 15.8 Å². The summed E-state index contributed by atoms with van der Waals surface area (Å²) in [6, 6.07) is 8.39. The Balaban J connectivity index is 2.36. The summed E-state index contributed by atoms with van der Waals surface area (Å²) in [7, 11) is -3.46. The fourth-order valence-corrected chi connectivity index (χ4v) is 3.46. The second-order valence-electron chi connectivity index (χ2n) is 5.44. The topological polar surface area (TPSA) is 54.5 Å². The predicted molar refractivity (Wildman–Crippen MR) is 69.6 cm³/mol. The lowest BCUT2D eigenvalue weighted by atomic mass is 9.97. The van der Waals surface area contributed by atoms with Gasteiger partial charge in [-0.05, 0) is 26.3 Å². The van der Waals surface area contributed by atoms with Gasteiger partial charge in [-0.15, -0.1) is 0 Å². The molecule has 2 rings (SSSR count). The van der Waals surface area contributed by atoms with Crippen molar-refractivity contribution in [3.63, 3.8) is 0 Å². The van der Waals surface area contributed by atoms with Crippen LogP contribution < -0.4 is 0 Å². The van der Waals surface area contributed by atoms with E-state index in [4.69, 9.17) is 0 Å². The van der Waals surface area contributed by atoms with E-state index in [0.29, 0.717) is 0 Å². The molecule has 0 saturated carbocycles. The van der Waals surface area contributed by atoms with Crippen LogP contribution in [0.4, 0.5) is 0 Å². The summed E-state index contributed by atoms with van der Waals surface area (Å²) >= 11 is 0. The van der Waals surface area contributed by atoms with E-state index in [0.717, 1.165) is 5.56 Å². The monoisotopic (exact) mass is 267 g/mol. The first kappa shape index (κ1) is 13.2. The highest BCUT2D eigenvalue weighted by Crippen LogP contribution is 2.36. The Kier molecular flexibility index (Phi) is 3.07. The lowest BCUT2D eigenvalue weighted by Crippen LogP contribution is -2.57. The molecule has 0 bridgehead atoms. The molecular formula is C13H17NO3S. The van der Waals surface area contributed by atoms with E-state index in [9.17, 15) is 13.2 Å². The first-order valence-electron chi connectivity index (χ1n) is 5.84. The average molecular weight is 267 g/mol. The van der Waals surface area contributed by atoms with E-state index in [2.05, 4.69) is 0 Å². The van der Waals surface area contributed by atoms with Crippen molar-refractivity contribution < 1.29 is 13.2 Å². The molecule has 1 aromatic carbocycles.